The third-order valence-corrected chi connectivity index (χ3v) is 4.83. The molecule has 0 bridgehead atoms. The number of rotatable bonds is 8. The summed E-state index contributed by atoms with van der Waals surface area (Å²) in [6.45, 7) is 4.28. The number of carbonyl (C=O) groups excluding carboxylic acids is 1. The van der Waals surface area contributed by atoms with Crippen LogP contribution in [0.5, 0.6) is 0 Å². The molecule has 1 aliphatic heterocycles. The van der Waals surface area contributed by atoms with E-state index in [1.165, 1.54) is 5.56 Å². The lowest BCUT2D eigenvalue weighted by molar-refractivity contribution is -0.00532. The first-order valence-electron chi connectivity index (χ1n) is 9.74. The Balaban J connectivity index is 1.38. The van der Waals surface area contributed by atoms with Crippen LogP contribution in [0.15, 0.2) is 28.8 Å². The van der Waals surface area contributed by atoms with Gasteiger partial charge in [-0.2, -0.15) is 4.98 Å². The lowest BCUT2D eigenvalue weighted by atomic mass is 10.1. The summed E-state index contributed by atoms with van der Waals surface area (Å²) in [6, 6.07) is 7.89. The van der Waals surface area contributed by atoms with Crippen molar-refractivity contribution in [1.29, 1.82) is 0 Å². The van der Waals surface area contributed by atoms with Gasteiger partial charge in [-0.05, 0) is 37.0 Å². The summed E-state index contributed by atoms with van der Waals surface area (Å²) < 4.78 is 16.0. The van der Waals surface area contributed by atoms with Crippen LogP contribution in [0.2, 0.25) is 0 Å². The summed E-state index contributed by atoms with van der Waals surface area (Å²) in [5, 5.41) is 6.85. The molecule has 1 N–H and O–H groups in total. The van der Waals surface area contributed by atoms with Crippen LogP contribution in [0.1, 0.15) is 37.0 Å². The van der Waals surface area contributed by atoms with Crippen LogP contribution >= 0.6 is 0 Å². The highest BCUT2D eigenvalue weighted by Gasteiger charge is 2.24. The van der Waals surface area contributed by atoms with Crippen molar-refractivity contribution in [2.24, 2.45) is 0 Å². The van der Waals surface area contributed by atoms with E-state index < -0.39 is 0 Å². The molecule has 1 aromatic heterocycles. The average molecular weight is 388 g/mol. The number of aromatic nitrogens is 2. The fourth-order valence-electron chi connectivity index (χ4n) is 3.08. The molecule has 28 heavy (non-hydrogen) atoms. The van der Waals surface area contributed by atoms with Crippen LogP contribution in [-0.2, 0) is 28.9 Å². The van der Waals surface area contributed by atoms with Gasteiger partial charge >= 0.3 is 6.03 Å². The molecule has 2 aromatic rings. The molecule has 0 radical (unpaired) electrons. The number of urea groups is 1. The topological polar surface area (TPSA) is 89.7 Å². The Morgan fingerprint density at radius 2 is 2.04 bits per heavy atom. The first kappa shape index (κ1) is 20.3. The zero-order valence-corrected chi connectivity index (χ0v) is 16.5. The zero-order valence-electron chi connectivity index (χ0n) is 16.5. The highest BCUT2D eigenvalue weighted by molar-refractivity contribution is 5.89. The van der Waals surface area contributed by atoms with Gasteiger partial charge in [0, 0.05) is 32.3 Å². The lowest BCUT2D eigenvalue weighted by Crippen LogP contribution is -2.43. The van der Waals surface area contributed by atoms with E-state index in [1.807, 2.05) is 29.2 Å². The van der Waals surface area contributed by atoms with E-state index in [0.29, 0.717) is 44.4 Å². The van der Waals surface area contributed by atoms with E-state index in [9.17, 15) is 4.79 Å². The van der Waals surface area contributed by atoms with Gasteiger partial charge in [-0.1, -0.05) is 24.2 Å². The van der Waals surface area contributed by atoms with Crippen LogP contribution in [0.25, 0.3) is 0 Å². The van der Waals surface area contributed by atoms with Gasteiger partial charge in [0.25, 0.3) is 5.89 Å². The monoisotopic (exact) mass is 388 g/mol. The first-order chi connectivity index (χ1) is 13.7. The first-order valence-corrected chi connectivity index (χ1v) is 9.74. The number of methoxy groups -OCH3 is 1. The van der Waals surface area contributed by atoms with Crippen molar-refractivity contribution in [1.82, 2.24) is 15.0 Å². The third-order valence-electron chi connectivity index (χ3n) is 4.83. The van der Waals surface area contributed by atoms with Gasteiger partial charge in [-0.3, -0.25) is 0 Å². The molecule has 2 heterocycles. The maximum atomic E-state index is 12.4. The van der Waals surface area contributed by atoms with Gasteiger partial charge in [0.1, 0.15) is 6.61 Å². The van der Waals surface area contributed by atoms with Crippen LogP contribution in [0.3, 0.4) is 0 Å². The molecule has 1 aliphatic rings. The summed E-state index contributed by atoms with van der Waals surface area (Å²) >= 11 is 0. The SMILES string of the molecule is CCc1ccc(NC(=O)N2CCC(OCc3nc(CCOC)no3)CC2)cc1. The lowest BCUT2D eigenvalue weighted by Gasteiger charge is -2.31. The number of nitrogens with zero attached hydrogens (tertiary/aromatic N) is 3. The molecule has 8 nitrogen and oxygen atoms in total. The van der Waals surface area contributed by atoms with Crippen molar-refractivity contribution in [3.8, 4) is 0 Å². The molecule has 1 fully saturated rings. The number of amides is 2. The summed E-state index contributed by atoms with van der Waals surface area (Å²) in [6.07, 6.45) is 3.26. The van der Waals surface area contributed by atoms with Crippen molar-refractivity contribution < 1.29 is 18.8 Å². The van der Waals surface area contributed by atoms with Gasteiger partial charge in [0.05, 0.1) is 12.7 Å². The van der Waals surface area contributed by atoms with Crippen molar-refractivity contribution in [3.63, 3.8) is 0 Å². The van der Waals surface area contributed by atoms with Gasteiger partial charge < -0.3 is 24.2 Å². The largest absolute Gasteiger partial charge is 0.384 e. The van der Waals surface area contributed by atoms with Gasteiger partial charge in [-0.15, -0.1) is 0 Å². The number of anilines is 1. The molecule has 0 aliphatic carbocycles. The minimum absolute atomic E-state index is 0.0672. The molecular formula is C20H28N4O4. The fourth-order valence-corrected chi connectivity index (χ4v) is 3.08. The predicted molar refractivity (Wildman–Crippen MR) is 104 cm³/mol. The molecule has 0 unspecified atom stereocenters. The molecule has 1 aromatic carbocycles. The fraction of sp³-hybridized carbons (Fsp3) is 0.550. The molecule has 1 saturated heterocycles. The number of aryl methyl sites for hydroxylation is 1. The summed E-state index contributed by atoms with van der Waals surface area (Å²) in [5.74, 6) is 1.10. The minimum Gasteiger partial charge on any atom is -0.384 e. The highest BCUT2D eigenvalue weighted by atomic mass is 16.5. The highest BCUT2D eigenvalue weighted by Crippen LogP contribution is 2.17. The van der Waals surface area contributed by atoms with Crippen LogP contribution in [0.4, 0.5) is 10.5 Å². The van der Waals surface area contributed by atoms with E-state index in [1.54, 1.807) is 7.11 Å². The average Bonchev–Trinajstić information content (AvgIpc) is 3.19. The number of benzene rings is 1. The molecule has 8 heteroatoms. The molecule has 3 rings (SSSR count). The standard InChI is InChI=1S/C20H28N4O4/c1-3-15-4-6-16(7-5-15)21-20(25)24-11-8-17(9-12-24)27-14-19-22-18(23-28-19)10-13-26-2/h4-7,17H,3,8-14H2,1-2H3,(H,21,25). The summed E-state index contributed by atoms with van der Waals surface area (Å²) in [4.78, 5) is 18.5. The molecule has 0 saturated carbocycles. The number of ether oxygens (including phenoxy) is 2. The van der Waals surface area contributed by atoms with Crippen molar-refractivity contribution in [2.45, 2.75) is 45.3 Å². The smallest absolute Gasteiger partial charge is 0.321 e. The second-order valence-electron chi connectivity index (χ2n) is 6.83. The normalized spacial score (nSPS) is 15.0. The van der Waals surface area contributed by atoms with Crippen LogP contribution in [-0.4, -0.2) is 54.0 Å². The predicted octanol–water partition coefficient (Wildman–Crippen LogP) is 3.03. The Morgan fingerprint density at radius 1 is 1.29 bits per heavy atom. The maximum absolute atomic E-state index is 12.4. The number of likely N-dealkylation sites (tertiary alicyclic amines) is 1. The van der Waals surface area contributed by atoms with E-state index in [-0.39, 0.29) is 12.1 Å². The van der Waals surface area contributed by atoms with Gasteiger partial charge in [-0.25, -0.2) is 4.79 Å². The Labute approximate surface area is 165 Å². The maximum Gasteiger partial charge on any atom is 0.321 e. The van der Waals surface area contributed by atoms with Crippen molar-refractivity contribution in [3.05, 3.63) is 41.5 Å². The van der Waals surface area contributed by atoms with Gasteiger partial charge in [0.2, 0.25) is 0 Å². The summed E-state index contributed by atoms with van der Waals surface area (Å²) in [7, 11) is 1.64. The van der Waals surface area contributed by atoms with E-state index in [2.05, 4.69) is 22.4 Å². The number of hydrogen-bond acceptors (Lipinski definition) is 6. The molecule has 152 valence electrons. The Morgan fingerprint density at radius 3 is 2.71 bits per heavy atom. The van der Waals surface area contributed by atoms with Crippen molar-refractivity contribution >= 4 is 11.7 Å². The van der Waals surface area contributed by atoms with Gasteiger partial charge in [0.15, 0.2) is 5.82 Å². The molecule has 2 amide bonds. The number of carbonyl (C=O) groups is 1. The Hall–Kier alpha value is -2.45. The van der Waals surface area contributed by atoms with E-state index in [4.69, 9.17) is 14.0 Å². The third kappa shape index (κ3) is 5.77. The quantitative estimate of drug-likeness (QED) is 0.748. The zero-order chi connectivity index (χ0) is 19.8. The van der Waals surface area contributed by atoms with Crippen molar-refractivity contribution in [2.75, 3.05) is 32.1 Å². The van der Waals surface area contributed by atoms with Crippen LogP contribution < -0.4 is 5.32 Å². The molecule has 0 atom stereocenters. The van der Waals surface area contributed by atoms with E-state index >= 15 is 0 Å². The Kier molecular flexibility index (Phi) is 7.39. The Bertz CT molecular complexity index is 739. The second kappa shape index (κ2) is 10.2. The minimum atomic E-state index is -0.0672. The van der Waals surface area contributed by atoms with Crippen LogP contribution in [0, 0.1) is 0 Å². The van der Waals surface area contributed by atoms with E-state index in [0.717, 1.165) is 24.9 Å². The summed E-state index contributed by atoms with van der Waals surface area (Å²) in [5.41, 5.74) is 2.07. The molecular weight excluding hydrogens is 360 g/mol. The number of piperidine rings is 1. The second-order valence-corrected chi connectivity index (χ2v) is 6.83. The number of hydrogen-bond donors (Lipinski definition) is 1. The molecule has 0 spiro atoms. The number of nitrogens with one attached hydrogen (secondary N) is 1.